The van der Waals surface area contributed by atoms with E-state index in [0.29, 0.717) is 18.2 Å². The quantitative estimate of drug-likeness (QED) is 0.813. The maximum Gasteiger partial charge on any atom is 0.166 e. The van der Waals surface area contributed by atoms with Gasteiger partial charge in [-0.15, -0.1) is 0 Å². The van der Waals surface area contributed by atoms with E-state index in [-0.39, 0.29) is 17.3 Å². The lowest BCUT2D eigenvalue weighted by molar-refractivity contribution is -0.0188. The van der Waals surface area contributed by atoms with Crippen LogP contribution in [0.25, 0.3) is 0 Å². The molecular weight excluding hydrogens is 314 g/mol. The molecule has 3 aliphatic carbocycles. The van der Waals surface area contributed by atoms with Crippen molar-refractivity contribution in [2.45, 2.75) is 62.2 Å². The summed E-state index contributed by atoms with van der Waals surface area (Å²) < 4.78 is 6.21. The van der Waals surface area contributed by atoms with Crippen LogP contribution in [0.1, 0.15) is 43.2 Å². The van der Waals surface area contributed by atoms with Crippen molar-refractivity contribution in [3.63, 3.8) is 0 Å². The standard InChI is InChI=1S/C21H25NO3/c23-16-6-4-13-10-15-14-5-7-17(24)20-21(14,18(13)19(16)25-20)8-9-22(15)11-12-2-1-3-12/h4-6,12,15,17,20,23-24H,1-3,7-11H2. The average Bonchev–Trinajstić information content (AvgIpc) is 2.92. The van der Waals surface area contributed by atoms with Gasteiger partial charge in [0.2, 0.25) is 0 Å². The minimum Gasteiger partial charge on any atom is -0.504 e. The zero-order chi connectivity index (χ0) is 16.8. The average molecular weight is 339 g/mol. The minimum atomic E-state index is -0.486. The second-order valence-corrected chi connectivity index (χ2v) is 8.68. The van der Waals surface area contributed by atoms with Crippen LogP contribution in [-0.4, -0.2) is 46.5 Å². The van der Waals surface area contributed by atoms with E-state index in [1.165, 1.54) is 42.5 Å². The molecule has 4 nitrogen and oxygen atoms in total. The van der Waals surface area contributed by atoms with Crippen molar-refractivity contribution in [2.24, 2.45) is 5.92 Å². The molecule has 2 N–H and O–H groups in total. The summed E-state index contributed by atoms with van der Waals surface area (Å²) in [5.74, 6) is 1.74. The summed E-state index contributed by atoms with van der Waals surface area (Å²) >= 11 is 0. The van der Waals surface area contributed by atoms with Crippen molar-refractivity contribution in [3.05, 3.63) is 34.9 Å². The van der Waals surface area contributed by atoms with Crippen molar-refractivity contribution in [2.75, 3.05) is 13.1 Å². The van der Waals surface area contributed by atoms with Gasteiger partial charge in [-0.05, 0) is 55.2 Å². The number of aromatic hydroxyl groups is 1. The third-order valence-corrected chi connectivity index (χ3v) is 7.57. The molecule has 4 atom stereocenters. The Hall–Kier alpha value is -1.52. The zero-order valence-corrected chi connectivity index (χ0v) is 14.4. The molecule has 5 aliphatic rings. The van der Waals surface area contributed by atoms with Gasteiger partial charge in [0.1, 0.15) is 6.10 Å². The van der Waals surface area contributed by atoms with Gasteiger partial charge in [0.05, 0.1) is 11.5 Å². The van der Waals surface area contributed by atoms with E-state index < -0.39 is 6.10 Å². The van der Waals surface area contributed by atoms with Gasteiger partial charge in [-0.1, -0.05) is 18.6 Å². The highest BCUT2D eigenvalue weighted by atomic mass is 16.5. The fraction of sp³-hybridized carbons (Fsp3) is 0.619. The zero-order valence-electron chi connectivity index (χ0n) is 14.4. The summed E-state index contributed by atoms with van der Waals surface area (Å²) in [6, 6.07) is 4.30. The number of nitrogens with zero attached hydrogens (tertiary/aromatic N) is 1. The first-order valence-corrected chi connectivity index (χ1v) is 9.83. The number of rotatable bonds is 2. The monoisotopic (exact) mass is 339 g/mol. The van der Waals surface area contributed by atoms with Crippen molar-refractivity contribution < 1.29 is 14.9 Å². The van der Waals surface area contributed by atoms with Crippen molar-refractivity contribution in [1.29, 1.82) is 0 Å². The normalized spacial score (nSPS) is 38.6. The third kappa shape index (κ3) is 1.70. The van der Waals surface area contributed by atoms with Crippen molar-refractivity contribution >= 4 is 0 Å². The maximum atomic E-state index is 10.7. The number of hydrogen-bond acceptors (Lipinski definition) is 4. The summed E-state index contributed by atoms with van der Waals surface area (Å²) in [5.41, 5.74) is 3.75. The molecule has 2 fully saturated rings. The van der Waals surface area contributed by atoms with Crippen LogP contribution >= 0.6 is 0 Å². The van der Waals surface area contributed by atoms with Crippen LogP contribution in [0.5, 0.6) is 11.5 Å². The Morgan fingerprint density at radius 3 is 2.96 bits per heavy atom. The molecule has 0 amide bonds. The molecule has 1 aromatic rings. The fourth-order valence-corrected chi connectivity index (χ4v) is 6.22. The Bertz CT molecular complexity index is 784. The molecule has 132 valence electrons. The lowest BCUT2D eigenvalue weighted by Crippen LogP contribution is -2.62. The van der Waals surface area contributed by atoms with E-state index in [9.17, 15) is 10.2 Å². The molecule has 0 radical (unpaired) electrons. The van der Waals surface area contributed by atoms with E-state index in [2.05, 4.69) is 17.0 Å². The fourth-order valence-electron chi connectivity index (χ4n) is 6.22. The smallest absolute Gasteiger partial charge is 0.166 e. The molecule has 2 heterocycles. The van der Waals surface area contributed by atoms with Crippen molar-refractivity contribution in [1.82, 2.24) is 4.90 Å². The summed E-state index contributed by atoms with van der Waals surface area (Å²) in [5, 5.41) is 21.0. The summed E-state index contributed by atoms with van der Waals surface area (Å²) in [4.78, 5) is 2.70. The van der Waals surface area contributed by atoms with Gasteiger partial charge in [0.15, 0.2) is 11.5 Å². The molecular formula is C21H25NO3. The Morgan fingerprint density at radius 1 is 1.28 bits per heavy atom. The number of likely N-dealkylation sites (tertiary alicyclic amines) is 1. The number of phenolic OH excluding ortho intramolecular Hbond substituents is 1. The lowest BCUT2D eigenvalue weighted by Gasteiger charge is -2.55. The number of piperidine rings is 1. The summed E-state index contributed by atoms with van der Waals surface area (Å²) in [6.07, 6.45) is 8.40. The van der Waals surface area contributed by atoms with E-state index in [1.807, 2.05) is 0 Å². The number of phenols is 1. The first-order valence-electron chi connectivity index (χ1n) is 9.83. The van der Waals surface area contributed by atoms with E-state index >= 15 is 0 Å². The van der Waals surface area contributed by atoms with Gasteiger partial charge in [-0.2, -0.15) is 0 Å². The highest BCUT2D eigenvalue weighted by Crippen LogP contribution is 2.62. The maximum absolute atomic E-state index is 10.7. The van der Waals surface area contributed by atoms with Gasteiger partial charge in [-0.25, -0.2) is 0 Å². The molecule has 25 heavy (non-hydrogen) atoms. The number of aliphatic hydroxyl groups excluding tert-OH is 1. The first kappa shape index (κ1) is 14.6. The first-order chi connectivity index (χ1) is 12.2. The molecule has 0 aromatic heterocycles. The molecule has 4 heteroatoms. The Labute approximate surface area is 148 Å². The predicted octanol–water partition coefficient (Wildman–Crippen LogP) is 2.51. The molecule has 2 bridgehead atoms. The molecule has 4 unspecified atom stereocenters. The van der Waals surface area contributed by atoms with Crippen LogP contribution in [0.15, 0.2) is 23.8 Å². The third-order valence-electron chi connectivity index (χ3n) is 7.57. The van der Waals surface area contributed by atoms with Crippen LogP contribution in [-0.2, 0) is 11.8 Å². The predicted molar refractivity (Wildman–Crippen MR) is 93.9 cm³/mol. The van der Waals surface area contributed by atoms with Gasteiger partial charge in [-0.3, -0.25) is 4.90 Å². The molecule has 6 rings (SSSR count). The molecule has 1 aromatic carbocycles. The summed E-state index contributed by atoms with van der Waals surface area (Å²) in [6.45, 7) is 2.28. The minimum absolute atomic E-state index is 0.208. The topological polar surface area (TPSA) is 52.9 Å². The van der Waals surface area contributed by atoms with E-state index in [0.717, 1.165) is 25.3 Å². The van der Waals surface area contributed by atoms with Crippen LogP contribution in [0.3, 0.4) is 0 Å². The Kier molecular flexibility index (Phi) is 2.81. The van der Waals surface area contributed by atoms with Gasteiger partial charge < -0.3 is 14.9 Å². The molecule has 1 saturated carbocycles. The van der Waals surface area contributed by atoms with Crippen LogP contribution in [0.2, 0.25) is 0 Å². The Balaban J connectivity index is 1.51. The van der Waals surface area contributed by atoms with Gasteiger partial charge in [0.25, 0.3) is 0 Å². The van der Waals surface area contributed by atoms with Crippen molar-refractivity contribution in [3.8, 4) is 11.5 Å². The second-order valence-electron chi connectivity index (χ2n) is 8.68. The molecule has 2 aliphatic heterocycles. The largest absolute Gasteiger partial charge is 0.504 e. The van der Waals surface area contributed by atoms with Crippen LogP contribution < -0.4 is 4.74 Å². The van der Waals surface area contributed by atoms with E-state index in [1.54, 1.807) is 6.07 Å². The number of benzene rings is 1. The highest BCUT2D eigenvalue weighted by Gasteiger charge is 2.62. The molecule has 1 saturated heterocycles. The molecule has 1 spiro atoms. The van der Waals surface area contributed by atoms with Gasteiger partial charge in [0, 0.05) is 24.7 Å². The number of aliphatic hydroxyl groups is 1. The van der Waals surface area contributed by atoms with Gasteiger partial charge >= 0.3 is 0 Å². The highest BCUT2D eigenvalue weighted by molar-refractivity contribution is 5.65. The van der Waals surface area contributed by atoms with Crippen LogP contribution in [0, 0.1) is 5.92 Å². The van der Waals surface area contributed by atoms with Crippen LogP contribution in [0.4, 0.5) is 0 Å². The second kappa shape index (κ2) is 4.80. The van der Waals surface area contributed by atoms with E-state index in [4.69, 9.17) is 4.74 Å². The SMILES string of the molecule is Oc1ccc2c3c1OC1C(O)CC=C4C(C2)N(CC2CCC2)CCC431. The summed E-state index contributed by atoms with van der Waals surface area (Å²) in [7, 11) is 0. The Morgan fingerprint density at radius 2 is 2.16 bits per heavy atom. The lowest BCUT2D eigenvalue weighted by atomic mass is 9.56. The number of hydrogen-bond donors (Lipinski definition) is 2. The number of ether oxygens (including phenoxy) is 1.